The molecule has 0 fully saturated rings. The van der Waals surface area contributed by atoms with Gasteiger partial charge in [-0.2, -0.15) is 4.37 Å². The van der Waals surface area contributed by atoms with Crippen LogP contribution in [0.4, 0.5) is 5.13 Å². The van der Waals surface area contributed by atoms with E-state index in [1.807, 2.05) is 25.1 Å². The van der Waals surface area contributed by atoms with E-state index in [1.54, 1.807) is 13.0 Å². The Hall–Kier alpha value is -1.17. The molecule has 4 nitrogen and oxygen atoms in total. The quantitative estimate of drug-likeness (QED) is 0.906. The van der Waals surface area contributed by atoms with Crippen LogP contribution in [0.2, 0.25) is 5.02 Å². The predicted octanol–water partition coefficient (Wildman–Crippen LogP) is 2.82. The van der Waals surface area contributed by atoms with Crippen molar-refractivity contribution in [2.24, 2.45) is 0 Å². The summed E-state index contributed by atoms with van der Waals surface area (Å²) in [5, 5.41) is 14.8. The van der Waals surface area contributed by atoms with Gasteiger partial charge < -0.3 is 10.4 Å². The molecule has 96 valence electrons. The van der Waals surface area contributed by atoms with Gasteiger partial charge in [0.15, 0.2) is 0 Å². The van der Waals surface area contributed by atoms with Gasteiger partial charge >= 0.3 is 0 Å². The number of aliphatic hydroxyl groups is 1. The number of nitrogens with zero attached hydrogens (tertiary/aromatic N) is 2. The Bertz CT molecular complexity index is 542. The third kappa shape index (κ3) is 2.98. The van der Waals surface area contributed by atoms with Crippen molar-refractivity contribution in [2.75, 3.05) is 11.9 Å². The Labute approximate surface area is 115 Å². The van der Waals surface area contributed by atoms with E-state index in [4.69, 9.17) is 11.6 Å². The first-order valence-corrected chi connectivity index (χ1v) is 6.66. The highest BCUT2D eigenvalue weighted by Crippen LogP contribution is 2.28. The van der Waals surface area contributed by atoms with Crippen LogP contribution in [0.25, 0.3) is 0 Å². The molecule has 0 radical (unpaired) electrons. The first-order chi connectivity index (χ1) is 8.49. The molecule has 1 aromatic heterocycles. The van der Waals surface area contributed by atoms with E-state index in [-0.39, 0.29) is 0 Å². The summed E-state index contributed by atoms with van der Waals surface area (Å²) in [7, 11) is 0. The van der Waals surface area contributed by atoms with E-state index in [1.165, 1.54) is 11.5 Å². The highest BCUT2D eigenvalue weighted by atomic mass is 35.5. The second kappa shape index (κ2) is 5.22. The fourth-order valence-corrected chi connectivity index (χ4v) is 2.52. The van der Waals surface area contributed by atoms with Gasteiger partial charge in [0.1, 0.15) is 11.4 Å². The van der Waals surface area contributed by atoms with Crippen molar-refractivity contribution in [1.29, 1.82) is 0 Å². The average molecular weight is 284 g/mol. The number of aryl methyl sites for hydroxylation is 1. The Morgan fingerprint density at radius 1 is 1.44 bits per heavy atom. The smallest absolute Gasteiger partial charge is 0.202 e. The molecule has 1 unspecified atom stereocenters. The summed E-state index contributed by atoms with van der Waals surface area (Å²) in [6, 6.07) is 7.27. The van der Waals surface area contributed by atoms with E-state index in [0.717, 1.165) is 5.82 Å². The van der Waals surface area contributed by atoms with Crippen molar-refractivity contribution < 1.29 is 5.11 Å². The van der Waals surface area contributed by atoms with Gasteiger partial charge in [0.2, 0.25) is 5.13 Å². The van der Waals surface area contributed by atoms with E-state index < -0.39 is 5.60 Å². The molecule has 6 heteroatoms. The normalized spacial score (nSPS) is 14.2. The molecule has 1 heterocycles. The van der Waals surface area contributed by atoms with Crippen LogP contribution in [0.3, 0.4) is 0 Å². The molecule has 0 saturated carbocycles. The number of rotatable bonds is 4. The monoisotopic (exact) mass is 283 g/mol. The summed E-state index contributed by atoms with van der Waals surface area (Å²) in [6.07, 6.45) is 0. The molecular weight excluding hydrogens is 270 g/mol. The fraction of sp³-hybridized carbons (Fsp3) is 0.333. The predicted molar refractivity (Wildman–Crippen MR) is 74.2 cm³/mol. The Balaban J connectivity index is 2.10. The number of aromatic nitrogens is 2. The molecule has 1 atom stereocenters. The minimum Gasteiger partial charge on any atom is -0.384 e. The van der Waals surface area contributed by atoms with Gasteiger partial charge in [-0.15, -0.1) is 0 Å². The van der Waals surface area contributed by atoms with Gasteiger partial charge in [0.05, 0.1) is 0 Å². The van der Waals surface area contributed by atoms with Crippen molar-refractivity contribution >= 4 is 28.3 Å². The van der Waals surface area contributed by atoms with Gasteiger partial charge in [-0.25, -0.2) is 4.98 Å². The standard InChI is InChI=1S/C12H14ClN3OS/c1-8-15-11(18-16-8)14-7-12(2,17)9-5-3-4-6-10(9)13/h3-6,17H,7H2,1-2H3,(H,14,15,16). The van der Waals surface area contributed by atoms with Crippen LogP contribution in [0, 0.1) is 6.92 Å². The largest absolute Gasteiger partial charge is 0.384 e. The van der Waals surface area contributed by atoms with Crippen molar-refractivity contribution in [2.45, 2.75) is 19.4 Å². The molecule has 2 N–H and O–H groups in total. The zero-order chi connectivity index (χ0) is 13.2. The zero-order valence-electron chi connectivity index (χ0n) is 10.1. The minimum atomic E-state index is -1.06. The topological polar surface area (TPSA) is 58.0 Å². The van der Waals surface area contributed by atoms with E-state index in [0.29, 0.717) is 22.3 Å². The molecule has 2 rings (SSSR count). The molecule has 18 heavy (non-hydrogen) atoms. The van der Waals surface area contributed by atoms with Gasteiger partial charge in [-0.3, -0.25) is 0 Å². The number of anilines is 1. The lowest BCUT2D eigenvalue weighted by Crippen LogP contribution is -2.31. The van der Waals surface area contributed by atoms with Crippen LogP contribution in [-0.2, 0) is 5.60 Å². The number of hydrogen-bond acceptors (Lipinski definition) is 5. The maximum atomic E-state index is 10.4. The highest BCUT2D eigenvalue weighted by molar-refractivity contribution is 7.09. The third-order valence-corrected chi connectivity index (χ3v) is 3.66. The summed E-state index contributed by atoms with van der Waals surface area (Å²) < 4.78 is 4.07. The summed E-state index contributed by atoms with van der Waals surface area (Å²) in [5.74, 6) is 0.722. The van der Waals surface area contributed by atoms with Crippen molar-refractivity contribution in [3.63, 3.8) is 0 Å². The molecule has 0 amide bonds. The van der Waals surface area contributed by atoms with Crippen LogP contribution in [0.5, 0.6) is 0 Å². The number of nitrogens with one attached hydrogen (secondary N) is 1. The summed E-state index contributed by atoms with van der Waals surface area (Å²) in [4.78, 5) is 4.18. The molecule has 0 saturated heterocycles. The van der Waals surface area contributed by atoms with Gasteiger partial charge in [0.25, 0.3) is 0 Å². The van der Waals surface area contributed by atoms with Crippen molar-refractivity contribution in [1.82, 2.24) is 9.36 Å². The second-order valence-corrected chi connectivity index (χ2v) is 5.41. The molecule has 1 aromatic carbocycles. The Morgan fingerprint density at radius 3 is 2.78 bits per heavy atom. The maximum Gasteiger partial charge on any atom is 0.202 e. The van der Waals surface area contributed by atoms with Crippen molar-refractivity contribution in [3.05, 3.63) is 40.7 Å². The lowest BCUT2D eigenvalue weighted by molar-refractivity contribution is 0.0716. The summed E-state index contributed by atoms with van der Waals surface area (Å²) in [6.45, 7) is 3.87. The molecule has 0 aliphatic heterocycles. The maximum absolute atomic E-state index is 10.4. The fourth-order valence-electron chi connectivity index (χ4n) is 1.61. The van der Waals surface area contributed by atoms with Crippen LogP contribution in [-0.4, -0.2) is 21.0 Å². The van der Waals surface area contributed by atoms with E-state index in [2.05, 4.69) is 14.7 Å². The van der Waals surface area contributed by atoms with Crippen LogP contribution >= 0.6 is 23.1 Å². The van der Waals surface area contributed by atoms with Gasteiger partial charge in [-0.05, 0) is 19.9 Å². The number of halogens is 1. The number of benzene rings is 1. The molecule has 0 aliphatic carbocycles. The molecular formula is C12H14ClN3OS. The second-order valence-electron chi connectivity index (χ2n) is 4.25. The van der Waals surface area contributed by atoms with E-state index in [9.17, 15) is 5.11 Å². The van der Waals surface area contributed by atoms with E-state index >= 15 is 0 Å². The SMILES string of the molecule is Cc1nsc(NCC(C)(O)c2ccccc2Cl)n1. The Kier molecular flexibility index (Phi) is 3.85. The third-order valence-electron chi connectivity index (χ3n) is 2.57. The van der Waals surface area contributed by atoms with Crippen LogP contribution in [0.15, 0.2) is 24.3 Å². The lowest BCUT2D eigenvalue weighted by Gasteiger charge is -2.25. The lowest BCUT2D eigenvalue weighted by atomic mass is 9.96. The zero-order valence-corrected chi connectivity index (χ0v) is 11.7. The van der Waals surface area contributed by atoms with Crippen LogP contribution in [0.1, 0.15) is 18.3 Å². The molecule has 0 spiro atoms. The average Bonchev–Trinajstić information content (AvgIpc) is 2.73. The number of hydrogen-bond donors (Lipinski definition) is 2. The molecule has 0 bridgehead atoms. The van der Waals surface area contributed by atoms with Crippen molar-refractivity contribution in [3.8, 4) is 0 Å². The molecule has 0 aliphatic rings. The Morgan fingerprint density at radius 2 is 2.17 bits per heavy atom. The summed E-state index contributed by atoms with van der Waals surface area (Å²) in [5.41, 5.74) is -0.363. The molecule has 2 aromatic rings. The first-order valence-electron chi connectivity index (χ1n) is 5.50. The minimum absolute atomic E-state index is 0.325. The summed E-state index contributed by atoms with van der Waals surface area (Å²) >= 11 is 7.35. The van der Waals surface area contributed by atoms with Gasteiger partial charge in [-0.1, -0.05) is 29.8 Å². The first kappa shape index (κ1) is 13.3. The van der Waals surface area contributed by atoms with Crippen LogP contribution < -0.4 is 5.32 Å². The van der Waals surface area contributed by atoms with Gasteiger partial charge in [0, 0.05) is 28.7 Å². The highest BCUT2D eigenvalue weighted by Gasteiger charge is 2.25.